The minimum Gasteiger partial charge on any atom is -0.474 e. The summed E-state index contributed by atoms with van der Waals surface area (Å²) in [5, 5.41) is 2.33. The van der Waals surface area contributed by atoms with Gasteiger partial charge in [0, 0.05) is 40.2 Å². The van der Waals surface area contributed by atoms with E-state index >= 15 is 0 Å². The van der Waals surface area contributed by atoms with Gasteiger partial charge in [0.15, 0.2) is 0 Å². The van der Waals surface area contributed by atoms with Crippen molar-refractivity contribution in [3.05, 3.63) is 29.2 Å². The highest BCUT2D eigenvalue weighted by atomic mass is 35.5. The first-order valence-electron chi connectivity index (χ1n) is 8.48. The molecule has 0 aliphatic heterocycles. The molecule has 1 aliphatic carbocycles. The molecule has 0 bridgehead atoms. The fourth-order valence-electron chi connectivity index (χ4n) is 2.74. The summed E-state index contributed by atoms with van der Waals surface area (Å²) in [6, 6.07) is 1.79. The van der Waals surface area contributed by atoms with E-state index < -0.39 is 16.3 Å². The van der Waals surface area contributed by atoms with E-state index in [-0.39, 0.29) is 11.4 Å². The van der Waals surface area contributed by atoms with Gasteiger partial charge in [0.05, 0.1) is 5.39 Å². The third-order valence-corrected chi connectivity index (χ3v) is 5.73. The highest BCUT2D eigenvalue weighted by Gasteiger charge is 2.34. The van der Waals surface area contributed by atoms with Gasteiger partial charge in [-0.05, 0) is 43.7 Å². The van der Waals surface area contributed by atoms with Crippen LogP contribution in [0.1, 0.15) is 46.1 Å². The van der Waals surface area contributed by atoms with Crippen molar-refractivity contribution >= 4 is 33.2 Å². The summed E-state index contributed by atoms with van der Waals surface area (Å²) in [6.45, 7) is 7.84. The van der Waals surface area contributed by atoms with Crippen molar-refractivity contribution in [3.8, 4) is 5.88 Å². The van der Waals surface area contributed by atoms with Crippen LogP contribution in [0.25, 0.3) is 10.8 Å². The number of pyridine rings is 2. The van der Waals surface area contributed by atoms with Crippen LogP contribution in [-0.2, 0) is 16.3 Å². The summed E-state index contributed by atoms with van der Waals surface area (Å²) >= 11 is 6.04. The van der Waals surface area contributed by atoms with Gasteiger partial charge in [-0.3, -0.25) is 4.21 Å². The molecule has 25 heavy (non-hydrogen) atoms. The van der Waals surface area contributed by atoms with E-state index in [0.29, 0.717) is 11.0 Å². The summed E-state index contributed by atoms with van der Waals surface area (Å²) in [5.41, 5.74) is 6.58. The van der Waals surface area contributed by atoms with Crippen LogP contribution in [0.2, 0.25) is 5.15 Å². The van der Waals surface area contributed by atoms with Crippen LogP contribution in [0.5, 0.6) is 5.88 Å². The van der Waals surface area contributed by atoms with E-state index in [1.54, 1.807) is 24.7 Å². The second kappa shape index (κ2) is 7.98. The molecule has 5 nitrogen and oxygen atoms in total. The molecule has 0 radical (unpaired) electrons. The lowest BCUT2D eigenvalue weighted by Gasteiger charge is -2.33. The molecule has 3 rings (SSSR count). The minimum absolute atomic E-state index is 0.0482. The fraction of sp³-hybridized carbons (Fsp3) is 0.556. The Hall–Kier alpha value is -1.24. The predicted molar refractivity (Wildman–Crippen MR) is 105 cm³/mol. The van der Waals surface area contributed by atoms with Gasteiger partial charge in [-0.1, -0.05) is 25.4 Å². The molecule has 1 fully saturated rings. The standard InChI is InChI=1S/C16H20ClN3O2S.C2H6/c1-16(2,18)13-8-20-15(12-7-19-14(17)6-11(12)13)22-9-4-10(5-9)23(3)21;1-2/h6-10H,4-5,18H2,1-3H3;1-2H3. The lowest BCUT2D eigenvalue weighted by atomic mass is 9.93. The lowest BCUT2D eigenvalue weighted by molar-refractivity contribution is 0.121. The van der Waals surface area contributed by atoms with Crippen molar-refractivity contribution in [3.63, 3.8) is 0 Å². The molecule has 2 heterocycles. The molecular weight excluding hydrogens is 358 g/mol. The third-order valence-electron chi connectivity index (χ3n) is 4.20. The Kier molecular flexibility index (Phi) is 6.40. The number of nitrogens with two attached hydrogens (primary N) is 1. The zero-order chi connectivity index (χ0) is 18.8. The van der Waals surface area contributed by atoms with Gasteiger partial charge < -0.3 is 10.5 Å². The Morgan fingerprint density at radius 2 is 1.88 bits per heavy atom. The monoisotopic (exact) mass is 383 g/mol. The number of fused-ring (bicyclic) bond motifs is 1. The maximum Gasteiger partial charge on any atom is 0.223 e. The Balaban J connectivity index is 0.00000109. The van der Waals surface area contributed by atoms with E-state index in [1.165, 1.54) is 0 Å². The van der Waals surface area contributed by atoms with Crippen LogP contribution in [0.4, 0.5) is 0 Å². The maximum atomic E-state index is 11.4. The van der Waals surface area contributed by atoms with Crippen LogP contribution in [0.15, 0.2) is 18.5 Å². The molecule has 1 unspecified atom stereocenters. The first-order chi connectivity index (χ1) is 11.8. The Morgan fingerprint density at radius 3 is 2.44 bits per heavy atom. The quantitative estimate of drug-likeness (QED) is 0.812. The number of hydrogen-bond donors (Lipinski definition) is 1. The van der Waals surface area contributed by atoms with Gasteiger partial charge in [-0.2, -0.15) is 0 Å². The molecular formula is C18H26ClN3O2S. The Bertz CT molecular complexity index is 771. The summed E-state index contributed by atoms with van der Waals surface area (Å²) < 4.78 is 17.4. The highest BCUT2D eigenvalue weighted by Crippen LogP contribution is 2.35. The normalized spacial score (nSPS) is 21.1. The molecule has 2 N–H and O–H groups in total. The number of nitrogens with zero attached hydrogens (tertiary/aromatic N) is 2. The van der Waals surface area contributed by atoms with E-state index in [4.69, 9.17) is 22.1 Å². The Labute approximate surface area is 156 Å². The third kappa shape index (κ3) is 4.49. The van der Waals surface area contributed by atoms with Gasteiger partial charge in [0.1, 0.15) is 11.3 Å². The van der Waals surface area contributed by atoms with E-state index in [9.17, 15) is 4.21 Å². The van der Waals surface area contributed by atoms with Crippen LogP contribution >= 0.6 is 11.6 Å². The minimum atomic E-state index is -0.795. The molecule has 2 aromatic rings. The van der Waals surface area contributed by atoms with E-state index in [1.807, 2.05) is 27.7 Å². The molecule has 138 valence electrons. The molecule has 0 saturated heterocycles. The molecule has 7 heteroatoms. The average molecular weight is 384 g/mol. The SMILES string of the molecule is CC.CS(=O)C1CC(Oc2ncc(C(C)(C)N)c3cc(Cl)ncc23)C1. The number of ether oxygens (including phenoxy) is 1. The second-order valence-electron chi connectivity index (χ2n) is 6.58. The van der Waals surface area contributed by atoms with Crippen LogP contribution in [0.3, 0.4) is 0 Å². The molecule has 1 atom stereocenters. The van der Waals surface area contributed by atoms with Gasteiger partial charge in [-0.15, -0.1) is 0 Å². The topological polar surface area (TPSA) is 78.1 Å². The lowest BCUT2D eigenvalue weighted by Crippen LogP contribution is -2.40. The largest absolute Gasteiger partial charge is 0.474 e. The first kappa shape index (κ1) is 20.1. The zero-order valence-corrected chi connectivity index (χ0v) is 16.9. The van der Waals surface area contributed by atoms with E-state index in [2.05, 4.69) is 9.97 Å². The Morgan fingerprint density at radius 1 is 1.24 bits per heavy atom. The molecule has 0 aromatic carbocycles. The molecule has 0 spiro atoms. The molecule has 0 amide bonds. The summed E-state index contributed by atoms with van der Waals surface area (Å²) in [4.78, 5) is 8.57. The summed E-state index contributed by atoms with van der Waals surface area (Å²) in [5.74, 6) is 0.530. The fourth-order valence-corrected chi connectivity index (χ4v) is 3.86. The van der Waals surface area contributed by atoms with E-state index in [0.717, 1.165) is 29.2 Å². The highest BCUT2D eigenvalue weighted by molar-refractivity contribution is 7.84. The average Bonchev–Trinajstić information content (AvgIpc) is 2.50. The van der Waals surface area contributed by atoms with Crippen molar-refractivity contribution in [2.75, 3.05) is 6.26 Å². The van der Waals surface area contributed by atoms with Crippen LogP contribution < -0.4 is 10.5 Å². The summed E-state index contributed by atoms with van der Waals surface area (Å²) in [6.07, 6.45) is 6.77. The predicted octanol–water partition coefficient (Wildman–Crippen LogP) is 3.79. The van der Waals surface area contributed by atoms with Gasteiger partial charge >= 0.3 is 0 Å². The summed E-state index contributed by atoms with van der Waals surface area (Å²) in [7, 11) is -0.795. The first-order valence-corrected chi connectivity index (χ1v) is 10.5. The van der Waals surface area contributed by atoms with Crippen LogP contribution in [0, 0.1) is 0 Å². The zero-order valence-electron chi connectivity index (χ0n) is 15.4. The van der Waals surface area contributed by atoms with Gasteiger partial charge in [-0.25, -0.2) is 9.97 Å². The number of aromatic nitrogens is 2. The smallest absolute Gasteiger partial charge is 0.223 e. The number of hydrogen-bond acceptors (Lipinski definition) is 5. The van der Waals surface area contributed by atoms with Crippen molar-refractivity contribution in [2.24, 2.45) is 5.73 Å². The van der Waals surface area contributed by atoms with Gasteiger partial charge in [0.25, 0.3) is 0 Å². The van der Waals surface area contributed by atoms with Crippen molar-refractivity contribution in [1.82, 2.24) is 9.97 Å². The van der Waals surface area contributed by atoms with Crippen LogP contribution in [-0.4, -0.2) is 31.8 Å². The van der Waals surface area contributed by atoms with Crippen molar-refractivity contribution in [1.29, 1.82) is 0 Å². The second-order valence-corrected chi connectivity index (χ2v) is 8.63. The molecule has 1 aliphatic rings. The van der Waals surface area contributed by atoms with Gasteiger partial charge in [0.2, 0.25) is 5.88 Å². The maximum absolute atomic E-state index is 11.4. The molecule has 1 saturated carbocycles. The number of rotatable bonds is 4. The van der Waals surface area contributed by atoms with Crippen molar-refractivity contribution < 1.29 is 8.95 Å². The molecule has 2 aromatic heterocycles. The van der Waals surface area contributed by atoms with Crippen molar-refractivity contribution in [2.45, 2.75) is 57.4 Å². The number of halogens is 1.